The Labute approximate surface area is 227 Å². The lowest BCUT2D eigenvalue weighted by Crippen LogP contribution is -2.50. The molecule has 0 bridgehead atoms. The maximum absolute atomic E-state index is 12.3. The zero-order valence-corrected chi connectivity index (χ0v) is 22.5. The van der Waals surface area contributed by atoms with Crippen molar-refractivity contribution in [2.75, 3.05) is 6.61 Å². The zero-order valence-electron chi connectivity index (χ0n) is 21.7. The van der Waals surface area contributed by atoms with E-state index in [0.717, 1.165) is 34.6 Å². The molecule has 0 aliphatic heterocycles. The average Bonchev–Trinajstić information content (AvgIpc) is 3.26. The van der Waals surface area contributed by atoms with E-state index in [1.807, 2.05) is 0 Å². The van der Waals surface area contributed by atoms with E-state index in [1.165, 1.54) is 0 Å². The molecular formula is C25H26ClN3O10. The minimum Gasteiger partial charge on any atom is -0.462 e. The van der Waals surface area contributed by atoms with Gasteiger partial charge in [-0.25, -0.2) is 0 Å². The number of hydrogen-bond donors (Lipinski definition) is 0. The first kappa shape index (κ1) is 29.3. The molecule has 4 atom stereocenters. The minimum absolute atomic E-state index is 0.00872. The third-order valence-corrected chi connectivity index (χ3v) is 5.50. The van der Waals surface area contributed by atoms with Gasteiger partial charge in [-0.15, -0.1) is 10.2 Å². The Morgan fingerprint density at radius 1 is 0.769 bits per heavy atom. The van der Waals surface area contributed by atoms with E-state index in [9.17, 15) is 24.0 Å². The van der Waals surface area contributed by atoms with Crippen molar-refractivity contribution in [2.45, 2.75) is 59.0 Å². The number of aromatic nitrogens is 3. The third-order valence-electron chi connectivity index (χ3n) is 5.26. The number of fused-ring (bicyclic) bond motifs is 3. The number of rotatable bonds is 10. The molecule has 0 aliphatic rings. The Kier molecular flexibility index (Phi) is 9.41. The quantitative estimate of drug-likeness (QED) is 0.262. The Morgan fingerprint density at radius 3 is 1.97 bits per heavy atom. The number of hydrogen-bond acceptors (Lipinski definition) is 12. The minimum atomic E-state index is -1.63. The van der Waals surface area contributed by atoms with Crippen LogP contribution in [0.1, 0.15) is 46.5 Å². The number of esters is 5. The molecule has 14 heteroatoms. The van der Waals surface area contributed by atoms with Crippen LogP contribution in [0.15, 0.2) is 30.3 Å². The van der Waals surface area contributed by atoms with Crippen LogP contribution in [0.25, 0.3) is 16.6 Å². The summed E-state index contributed by atoms with van der Waals surface area (Å²) in [7, 11) is 0. The van der Waals surface area contributed by atoms with Gasteiger partial charge >= 0.3 is 29.8 Å². The van der Waals surface area contributed by atoms with Crippen molar-refractivity contribution in [3.63, 3.8) is 0 Å². The number of ether oxygens (including phenoxy) is 5. The van der Waals surface area contributed by atoms with Crippen molar-refractivity contribution >= 4 is 58.0 Å². The molecule has 0 amide bonds. The summed E-state index contributed by atoms with van der Waals surface area (Å²) in [6.07, 6.45) is -6.25. The number of benzene rings is 1. The van der Waals surface area contributed by atoms with Gasteiger partial charge in [-0.3, -0.25) is 28.4 Å². The number of halogens is 1. The van der Waals surface area contributed by atoms with Crippen molar-refractivity contribution in [3.8, 4) is 0 Å². The SMILES string of the molecule is CC(=O)OC[C@@H](OC(C)=O)[C@@H](OC(C)=O)[C@H](OC(C)=O)[C@H](OC(C)=O)c1nnc2ccc3cc(Cl)ccc3n12. The summed E-state index contributed by atoms with van der Waals surface area (Å²) < 4.78 is 28.4. The second-order valence-corrected chi connectivity index (χ2v) is 8.85. The fraction of sp³-hybridized carbons (Fsp3) is 0.400. The Balaban J connectivity index is 2.26. The average molecular weight is 564 g/mol. The molecule has 0 aliphatic carbocycles. The number of nitrogens with zero attached hydrogens (tertiary/aromatic N) is 3. The van der Waals surface area contributed by atoms with Crippen LogP contribution in [0.4, 0.5) is 0 Å². The monoisotopic (exact) mass is 563 g/mol. The van der Waals surface area contributed by atoms with Crippen LogP contribution in [-0.4, -0.2) is 69.4 Å². The van der Waals surface area contributed by atoms with E-state index >= 15 is 0 Å². The maximum atomic E-state index is 12.3. The molecular weight excluding hydrogens is 538 g/mol. The normalized spacial score (nSPS) is 14.1. The highest BCUT2D eigenvalue weighted by Crippen LogP contribution is 2.32. The third kappa shape index (κ3) is 7.41. The topological polar surface area (TPSA) is 162 Å². The standard InChI is InChI=1S/C25H26ClN3O10/c1-12(30)35-11-20(36-13(2)31)22(37-14(3)32)23(38-15(4)33)24(39-16(5)34)25-28-27-21-9-6-17-10-18(26)7-8-19(17)29(21)25/h6-10,20,22-24H,11H2,1-5H3/t20-,22-,23+,24+/m1/s1. The molecule has 208 valence electrons. The highest BCUT2D eigenvalue weighted by molar-refractivity contribution is 6.31. The zero-order chi connectivity index (χ0) is 28.9. The highest BCUT2D eigenvalue weighted by atomic mass is 35.5. The van der Waals surface area contributed by atoms with E-state index in [1.54, 1.807) is 34.7 Å². The molecule has 13 nitrogen and oxygen atoms in total. The second-order valence-electron chi connectivity index (χ2n) is 8.42. The molecule has 0 fully saturated rings. The van der Waals surface area contributed by atoms with Crippen LogP contribution in [0, 0.1) is 0 Å². The van der Waals surface area contributed by atoms with Gasteiger partial charge in [-0.05, 0) is 30.3 Å². The van der Waals surface area contributed by atoms with Crippen molar-refractivity contribution < 1.29 is 47.7 Å². The smallest absolute Gasteiger partial charge is 0.303 e. The van der Waals surface area contributed by atoms with E-state index in [0.29, 0.717) is 21.6 Å². The van der Waals surface area contributed by atoms with E-state index in [-0.39, 0.29) is 5.82 Å². The number of carbonyl (C=O) groups is 5. The summed E-state index contributed by atoms with van der Waals surface area (Å²) in [5.74, 6) is -4.05. The van der Waals surface area contributed by atoms with Crippen LogP contribution in [0.2, 0.25) is 5.02 Å². The first-order valence-electron chi connectivity index (χ1n) is 11.6. The van der Waals surface area contributed by atoms with Crippen LogP contribution >= 0.6 is 11.6 Å². The van der Waals surface area contributed by atoms with E-state index in [2.05, 4.69) is 10.2 Å². The second kappa shape index (κ2) is 12.5. The Morgan fingerprint density at radius 2 is 1.38 bits per heavy atom. The van der Waals surface area contributed by atoms with Gasteiger partial charge in [-0.1, -0.05) is 11.6 Å². The van der Waals surface area contributed by atoms with Crippen LogP contribution in [0.5, 0.6) is 0 Å². The van der Waals surface area contributed by atoms with Crippen molar-refractivity contribution in [1.82, 2.24) is 14.6 Å². The molecule has 39 heavy (non-hydrogen) atoms. The van der Waals surface area contributed by atoms with Crippen molar-refractivity contribution in [3.05, 3.63) is 41.2 Å². The summed E-state index contributed by atoms with van der Waals surface area (Å²) in [4.78, 5) is 60.2. The predicted molar refractivity (Wildman–Crippen MR) is 133 cm³/mol. The Bertz CT molecular complexity index is 1420. The lowest BCUT2D eigenvalue weighted by molar-refractivity contribution is -0.204. The molecule has 0 spiro atoms. The maximum Gasteiger partial charge on any atom is 0.303 e. The highest BCUT2D eigenvalue weighted by Gasteiger charge is 2.46. The van der Waals surface area contributed by atoms with Gasteiger partial charge in [0.1, 0.15) is 6.61 Å². The predicted octanol–water partition coefficient (Wildman–Crippen LogP) is 2.50. The molecule has 2 aromatic heterocycles. The molecule has 1 aromatic carbocycles. The molecule has 2 heterocycles. The van der Waals surface area contributed by atoms with Crippen LogP contribution < -0.4 is 0 Å². The fourth-order valence-corrected chi connectivity index (χ4v) is 4.15. The van der Waals surface area contributed by atoms with Crippen molar-refractivity contribution in [2.24, 2.45) is 0 Å². The van der Waals surface area contributed by atoms with Gasteiger partial charge in [0.05, 0.1) is 5.52 Å². The summed E-state index contributed by atoms with van der Waals surface area (Å²) in [6.45, 7) is 4.89. The summed E-state index contributed by atoms with van der Waals surface area (Å²) in [5.41, 5.74) is 0.912. The lowest BCUT2D eigenvalue weighted by atomic mass is 10.0. The van der Waals surface area contributed by atoms with E-state index in [4.69, 9.17) is 35.3 Å². The first-order chi connectivity index (χ1) is 18.4. The largest absolute Gasteiger partial charge is 0.462 e. The first-order valence-corrected chi connectivity index (χ1v) is 12.0. The van der Waals surface area contributed by atoms with E-state index < -0.39 is 60.9 Å². The van der Waals surface area contributed by atoms with Gasteiger partial charge in [0, 0.05) is 45.0 Å². The van der Waals surface area contributed by atoms with Gasteiger partial charge in [0.2, 0.25) is 6.10 Å². The van der Waals surface area contributed by atoms with Crippen LogP contribution in [0.3, 0.4) is 0 Å². The number of carbonyl (C=O) groups excluding carboxylic acids is 5. The molecule has 3 rings (SSSR count). The number of pyridine rings is 1. The summed E-state index contributed by atoms with van der Waals surface area (Å²) in [5, 5.41) is 9.48. The molecule has 0 unspecified atom stereocenters. The van der Waals surface area contributed by atoms with Gasteiger partial charge < -0.3 is 23.7 Å². The van der Waals surface area contributed by atoms with Gasteiger partial charge in [0.25, 0.3) is 0 Å². The summed E-state index contributed by atoms with van der Waals surface area (Å²) in [6, 6.07) is 8.43. The molecule has 0 radical (unpaired) electrons. The lowest BCUT2D eigenvalue weighted by Gasteiger charge is -2.34. The van der Waals surface area contributed by atoms with Gasteiger partial charge in [-0.2, -0.15) is 0 Å². The molecule has 0 saturated heterocycles. The molecule has 3 aromatic rings. The fourth-order valence-electron chi connectivity index (χ4n) is 3.97. The summed E-state index contributed by atoms with van der Waals surface area (Å²) >= 11 is 6.15. The Hall–Kier alpha value is -4.26. The molecule has 0 saturated carbocycles. The van der Waals surface area contributed by atoms with Gasteiger partial charge in [0.15, 0.2) is 29.8 Å². The van der Waals surface area contributed by atoms with Crippen molar-refractivity contribution in [1.29, 1.82) is 0 Å². The van der Waals surface area contributed by atoms with Crippen LogP contribution in [-0.2, 0) is 47.7 Å². The molecule has 0 N–H and O–H groups in total.